The maximum absolute atomic E-state index is 10.6. The topological polar surface area (TPSA) is 59.8 Å². The predicted molar refractivity (Wildman–Crippen MR) is 137 cm³/mol. The van der Waals surface area contributed by atoms with E-state index in [2.05, 4.69) is 32.6 Å². The van der Waals surface area contributed by atoms with Crippen molar-refractivity contribution in [1.82, 2.24) is 14.7 Å². The van der Waals surface area contributed by atoms with Gasteiger partial charge >= 0.3 is 0 Å². The van der Waals surface area contributed by atoms with Crippen molar-refractivity contribution in [3.63, 3.8) is 0 Å². The van der Waals surface area contributed by atoms with Crippen molar-refractivity contribution in [3.05, 3.63) is 71.9 Å². The molecule has 0 aliphatic heterocycles. The highest BCUT2D eigenvalue weighted by molar-refractivity contribution is 5.43. The molecule has 0 fully saturated rings. The van der Waals surface area contributed by atoms with E-state index in [9.17, 15) is 5.11 Å². The number of para-hydroxylation sites is 2. The number of hydrogen-bond donors (Lipinski definition) is 1. The first-order valence-corrected chi connectivity index (χ1v) is 12.4. The molecule has 0 saturated heterocycles. The molecule has 0 amide bonds. The van der Waals surface area contributed by atoms with Crippen LogP contribution in [0.5, 0.6) is 11.6 Å². The molecule has 0 spiro atoms. The van der Waals surface area contributed by atoms with Gasteiger partial charge in [-0.2, -0.15) is 5.10 Å². The maximum atomic E-state index is 10.6. The van der Waals surface area contributed by atoms with Crippen molar-refractivity contribution in [1.29, 1.82) is 0 Å². The molecule has 1 atom stereocenters. The van der Waals surface area contributed by atoms with Crippen LogP contribution in [0.2, 0.25) is 0 Å². The third-order valence-electron chi connectivity index (χ3n) is 5.46. The lowest BCUT2D eigenvalue weighted by molar-refractivity contribution is 0.00680. The molecule has 3 aromatic rings. The predicted octanol–water partition coefficient (Wildman–Crippen LogP) is 5.47. The molecule has 34 heavy (non-hydrogen) atoms. The van der Waals surface area contributed by atoms with Gasteiger partial charge in [0.15, 0.2) is 0 Å². The number of nitrogens with zero attached hydrogens (tertiary/aromatic N) is 3. The van der Waals surface area contributed by atoms with Crippen LogP contribution in [0, 0.1) is 5.92 Å². The number of aliphatic hydroxyl groups excluding tert-OH is 1. The Morgan fingerprint density at radius 1 is 0.971 bits per heavy atom. The summed E-state index contributed by atoms with van der Waals surface area (Å²) in [6.45, 7) is 11.5. The molecule has 1 heterocycles. The van der Waals surface area contributed by atoms with E-state index >= 15 is 0 Å². The highest BCUT2D eigenvalue weighted by Crippen LogP contribution is 2.32. The molecule has 3 rings (SSSR count). The number of ether oxygens (including phenoxy) is 2. The molecule has 0 radical (unpaired) electrons. The SMILES string of the molecule is CCCN(Cc1c(CC)nn(-c2ccccc2)c1Oc1ccccc1)C[C@H](O)COCC(C)C. The summed E-state index contributed by atoms with van der Waals surface area (Å²) >= 11 is 0. The Hall–Kier alpha value is -2.67. The number of rotatable bonds is 14. The van der Waals surface area contributed by atoms with Crippen molar-refractivity contribution in [2.45, 2.75) is 53.2 Å². The fourth-order valence-electron chi connectivity index (χ4n) is 3.94. The Kier molecular flexibility index (Phi) is 10.1. The van der Waals surface area contributed by atoms with Crippen LogP contribution in [-0.2, 0) is 17.7 Å². The summed E-state index contributed by atoms with van der Waals surface area (Å²) in [6, 6.07) is 19.9. The van der Waals surface area contributed by atoms with Gasteiger partial charge in [-0.25, -0.2) is 4.68 Å². The van der Waals surface area contributed by atoms with Gasteiger partial charge in [-0.3, -0.25) is 4.90 Å². The zero-order valence-corrected chi connectivity index (χ0v) is 21.0. The van der Waals surface area contributed by atoms with Crippen LogP contribution in [0.15, 0.2) is 60.7 Å². The standard InChI is InChI=1S/C28H39N3O3/c1-5-17-30(18-24(32)21-33-20-22(3)4)19-26-27(6-2)29-31(23-13-9-7-10-14-23)28(26)34-25-15-11-8-12-16-25/h7-16,22,24,32H,5-6,17-21H2,1-4H3/t24-/m0/s1. The summed E-state index contributed by atoms with van der Waals surface area (Å²) < 4.78 is 14.0. The Morgan fingerprint density at radius 3 is 2.26 bits per heavy atom. The van der Waals surface area contributed by atoms with Crippen molar-refractivity contribution in [2.24, 2.45) is 5.92 Å². The van der Waals surface area contributed by atoms with Crippen LogP contribution in [0.3, 0.4) is 0 Å². The quantitative estimate of drug-likeness (QED) is 0.342. The third kappa shape index (κ3) is 7.42. The zero-order valence-electron chi connectivity index (χ0n) is 21.0. The molecule has 0 bridgehead atoms. The number of hydrogen-bond acceptors (Lipinski definition) is 5. The first-order valence-electron chi connectivity index (χ1n) is 12.4. The van der Waals surface area contributed by atoms with E-state index in [-0.39, 0.29) is 0 Å². The Labute approximate surface area is 204 Å². The molecule has 0 unspecified atom stereocenters. The average Bonchev–Trinajstić information content (AvgIpc) is 3.17. The monoisotopic (exact) mass is 465 g/mol. The highest BCUT2D eigenvalue weighted by atomic mass is 16.5. The minimum absolute atomic E-state index is 0.343. The molecular weight excluding hydrogens is 426 g/mol. The second kappa shape index (κ2) is 13.3. The molecule has 2 aromatic carbocycles. The van der Waals surface area contributed by atoms with E-state index in [4.69, 9.17) is 14.6 Å². The summed E-state index contributed by atoms with van der Waals surface area (Å²) in [4.78, 5) is 2.27. The van der Waals surface area contributed by atoms with E-state index in [1.807, 2.05) is 65.3 Å². The second-order valence-corrected chi connectivity index (χ2v) is 9.07. The Balaban J connectivity index is 1.90. The molecule has 6 heteroatoms. The molecule has 0 aliphatic carbocycles. The van der Waals surface area contributed by atoms with Gasteiger partial charge in [-0.05, 0) is 49.6 Å². The molecule has 1 N–H and O–H groups in total. The minimum atomic E-state index is -0.543. The Bertz CT molecular complexity index is 973. The smallest absolute Gasteiger partial charge is 0.227 e. The first kappa shape index (κ1) is 25.9. The third-order valence-corrected chi connectivity index (χ3v) is 5.46. The van der Waals surface area contributed by atoms with Crippen LogP contribution >= 0.6 is 0 Å². The largest absolute Gasteiger partial charge is 0.439 e. The summed E-state index contributed by atoms with van der Waals surface area (Å²) in [5.41, 5.74) is 3.01. The summed E-state index contributed by atoms with van der Waals surface area (Å²) in [5, 5.41) is 15.6. The lowest BCUT2D eigenvalue weighted by Crippen LogP contribution is -2.35. The lowest BCUT2D eigenvalue weighted by atomic mass is 10.1. The molecule has 184 valence electrons. The van der Waals surface area contributed by atoms with Crippen LogP contribution in [0.4, 0.5) is 0 Å². The summed E-state index contributed by atoms with van der Waals surface area (Å²) in [6.07, 6.45) is 1.24. The fraction of sp³-hybridized carbons (Fsp3) is 0.464. The van der Waals surface area contributed by atoms with Gasteiger partial charge in [0.1, 0.15) is 5.75 Å². The minimum Gasteiger partial charge on any atom is -0.439 e. The molecule has 1 aromatic heterocycles. The van der Waals surface area contributed by atoms with Crippen molar-refractivity contribution in [2.75, 3.05) is 26.3 Å². The van der Waals surface area contributed by atoms with Gasteiger partial charge in [0.05, 0.1) is 29.7 Å². The van der Waals surface area contributed by atoms with Crippen LogP contribution in [-0.4, -0.2) is 52.2 Å². The molecule has 6 nitrogen and oxygen atoms in total. The number of benzene rings is 2. The Morgan fingerprint density at radius 2 is 1.65 bits per heavy atom. The van der Waals surface area contributed by atoms with Crippen molar-refractivity contribution in [3.8, 4) is 17.3 Å². The summed E-state index contributed by atoms with van der Waals surface area (Å²) in [5.74, 6) is 1.95. The van der Waals surface area contributed by atoms with E-state index in [0.717, 1.165) is 48.0 Å². The van der Waals surface area contributed by atoms with E-state index in [1.54, 1.807) is 0 Å². The molecule has 0 saturated carbocycles. The lowest BCUT2D eigenvalue weighted by Gasteiger charge is -2.25. The fourth-order valence-corrected chi connectivity index (χ4v) is 3.94. The van der Waals surface area contributed by atoms with Gasteiger partial charge in [0.25, 0.3) is 0 Å². The molecular formula is C28H39N3O3. The van der Waals surface area contributed by atoms with Crippen molar-refractivity contribution >= 4 is 0 Å². The van der Waals surface area contributed by atoms with Gasteiger partial charge < -0.3 is 14.6 Å². The zero-order chi connectivity index (χ0) is 24.3. The van der Waals surface area contributed by atoms with E-state index in [0.29, 0.717) is 32.2 Å². The second-order valence-electron chi connectivity index (χ2n) is 9.07. The molecule has 0 aliphatic rings. The first-order chi connectivity index (χ1) is 16.5. The van der Waals surface area contributed by atoms with E-state index in [1.165, 1.54) is 0 Å². The normalized spacial score (nSPS) is 12.4. The average molecular weight is 466 g/mol. The van der Waals surface area contributed by atoms with Gasteiger partial charge in [-0.1, -0.05) is 64.1 Å². The van der Waals surface area contributed by atoms with E-state index < -0.39 is 6.10 Å². The highest BCUT2D eigenvalue weighted by Gasteiger charge is 2.23. The number of aryl methyl sites for hydroxylation is 1. The van der Waals surface area contributed by atoms with Crippen molar-refractivity contribution < 1.29 is 14.6 Å². The van der Waals surface area contributed by atoms with Crippen LogP contribution < -0.4 is 4.74 Å². The van der Waals surface area contributed by atoms with Gasteiger partial charge in [0.2, 0.25) is 5.88 Å². The van der Waals surface area contributed by atoms with Gasteiger partial charge in [0, 0.05) is 19.7 Å². The van der Waals surface area contributed by atoms with Crippen LogP contribution in [0.25, 0.3) is 5.69 Å². The number of aromatic nitrogens is 2. The maximum Gasteiger partial charge on any atom is 0.227 e. The van der Waals surface area contributed by atoms with Gasteiger partial charge in [-0.15, -0.1) is 0 Å². The number of aliphatic hydroxyl groups is 1. The summed E-state index contributed by atoms with van der Waals surface area (Å²) in [7, 11) is 0. The van der Waals surface area contributed by atoms with Crippen LogP contribution in [0.1, 0.15) is 45.4 Å².